The number of halogens is 1. The Morgan fingerprint density at radius 2 is 2.25 bits per heavy atom. The standard InChI is InChI=1S/C17H20FN3O3/c1-10-16(11(2)20-19-10)14-9-24-7-6-21(14)17(22)13-8-12(18)4-5-15(13)23-3/h4-5,8,14H,6-7,9H2,1-3H3,(H,19,20). The van der Waals surface area contributed by atoms with Crippen LogP contribution in [0.5, 0.6) is 5.75 Å². The molecule has 1 aromatic carbocycles. The molecule has 1 N–H and O–H groups in total. The van der Waals surface area contributed by atoms with Crippen molar-refractivity contribution in [2.75, 3.05) is 26.9 Å². The molecule has 0 spiro atoms. The van der Waals surface area contributed by atoms with Crippen LogP contribution >= 0.6 is 0 Å². The number of carbonyl (C=O) groups is 1. The van der Waals surface area contributed by atoms with Crippen LogP contribution in [-0.4, -0.2) is 47.9 Å². The number of benzene rings is 1. The summed E-state index contributed by atoms with van der Waals surface area (Å²) in [6, 6.07) is 3.68. The average molecular weight is 333 g/mol. The number of aromatic nitrogens is 2. The Kier molecular flexibility index (Phi) is 4.53. The summed E-state index contributed by atoms with van der Waals surface area (Å²) >= 11 is 0. The number of amides is 1. The third-order valence-electron chi connectivity index (χ3n) is 4.30. The highest BCUT2D eigenvalue weighted by molar-refractivity contribution is 5.97. The summed E-state index contributed by atoms with van der Waals surface area (Å²) in [5.74, 6) is -0.397. The zero-order valence-electron chi connectivity index (χ0n) is 13.9. The second kappa shape index (κ2) is 6.60. The first-order valence-corrected chi connectivity index (χ1v) is 7.76. The van der Waals surface area contributed by atoms with Gasteiger partial charge in [-0.25, -0.2) is 4.39 Å². The molecule has 6 nitrogen and oxygen atoms in total. The van der Waals surface area contributed by atoms with Gasteiger partial charge in [0, 0.05) is 17.8 Å². The van der Waals surface area contributed by atoms with Crippen molar-refractivity contribution < 1.29 is 18.7 Å². The van der Waals surface area contributed by atoms with E-state index in [0.717, 1.165) is 17.0 Å². The fraction of sp³-hybridized carbons (Fsp3) is 0.412. The smallest absolute Gasteiger partial charge is 0.258 e. The molecule has 128 valence electrons. The van der Waals surface area contributed by atoms with Crippen LogP contribution in [0.4, 0.5) is 4.39 Å². The number of H-pyrrole nitrogens is 1. The second-order valence-electron chi connectivity index (χ2n) is 5.78. The molecule has 1 amide bonds. The van der Waals surface area contributed by atoms with Gasteiger partial charge in [0.1, 0.15) is 11.6 Å². The molecule has 1 atom stereocenters. The number of aryl methyl sites for hydroxylation is 2. The molecule has 1 aliphatic heterocycles. The summed E-state index contributed by atoms with van der Waals surface area (Å²) < 4.78 is 24.4. The molecule has 3 rings (SSSR count). The van der Waals surface area contributed by atoms with E-state index in [0.29, 0.717) is 25.5 Å². The van der Waals surface area contributed by atoms with Crippen LogP contribution < -0.4 is 4.74 Å². The number of ether oxygens (including phenoxy) is 2. The third-order valence-corrected chi connectivity index (χ3v) is 4.30. The SMILES string of the molecule is COc1ccc(F)cc1C(=O)N1CCOCC1c1c(C)n[nH]c1C. The van der Waals surface area contributed by atoms with Crippen molar-refractivity contribution in [2.24, 2.45) is 0 Å². The van der Waals surface area contributed by atoms with E-state index < -0.39 is 5.82 Å². The average Bonchev–Trinajstić information content (AvgIpc) is 2.92. The Balaban J connectivity index is 2.00. The Bertz CT molecular complexity index is 740. The van der Waals surface area contributed by atoms with Crippen molar-refractivity contribution >= 4 is 5.91 Å². The van der Waals surface area contributed by atoms with Gasteiger partial charge in [-0.05, 0) is 32.0 Å². The molecule has 0 aliphatic carbocycles. The van der Waals surface area contributed by atoms with Gasteiger partial charge in [0.25, 0.3) is 5.91 Å². The molecule has 1 unspecified atom stereocenters. The molecule has 1 aromatic heterocycles. The van der Waals surface area contributed by atoms with E-state index in [1.807, 2.05) is 13.8 Å². The Hall–Kier alpha value is -2.41. The van der Waals surface area contributed by atoms with Gasteiger partial charge < -0.3 is 14.4 Å². The highest BCUT2D eigenvalue weighted by Crippen LogP contribution is 2.31. The summed E-state index contributed by atoms with van der Waals surface area (Å²) in [5.41, 5.74) is 2.88. The fourth-order valence-corrected chi connectivity index (χ4v) is 3.14. The van der Waals surface area contributed by atoms with Crippen molar-refractivity contribution in [3.05, 3.63) is 46.5 Å². The van der Waals surface area contributed by atoms with E-state index in [1.165, 1.54) is 25.3 Å². The molecule has 1 saturated heterocycles. The van der Waals surface area contributed by atoms with Gasteiger partial charge in [-0.3, -0.25) is 9.89 Å². The number of hydrogen-bond donors (Lipinski definition) is 1. The molecule has 2 heterocycles. The maximum Gasteiger partial charge on any atom is 0.258 e. The minimum absolute atomic E-state index is 0.211. The van der Waals surface area contributed by atoms with E-state index in [9.17, 15) is 9.18 Å². The molecular weight excluding hydrogens is 313 g/mol. The van der Waals surface area contributed by atoms with Crippen molar-refractivity contribution in [1.82, 2.24) is 15.1 Å². The lowest BCUT2D eigenvalue weighted by atomic mass is 10.0. The molecule has 0 bridgehead atoms. The summed E-state index contributed by atoms with van der Waals surface area (Å²) in [4.78, 5) is 14.8. The summed E-state index contributed by atoms with van der Waals surface area (Å²) in [5, 5.41) is 7.14. The molecule has 1 aliphatic rings. The van der Waals surface area contributed by atoms with Crippen LogP contribution in [0.3, 0.4) is 0 Å². The second-order valence-corrected chi connectivity index (χ2v) is 5.78. The third kappa shape index (κ3) is 2.87. The molecule has 2 aromatic rings. The molecule has 7 heteroatoms. The van der Waals surface area contributed by atoms with Crippen LogP contribution in [-0.2, 0) is 4.74 Å². The van der Waals surface area contributed by atoms with E-state index in [2.05, 4.69) is 10.2 Å². The van der Waals surface area contributed by atoms with Crippen molar-refractivity contribution in [1.29, 1.82) is 0 Å². The van der Waals surface area contributed by atoms with Gasteiger partial charge in [-0.1, -0.05) is 0 Å². The number of aromatic amines is 1. The van der Waals surface area contributed by atoms with E-state index in [4.69, 9.17) is 9.47 Å². The summed E-state index contributed by atoms with van der Waals surface area (Å²) in [7, 11) is 1.46. The molecule has 1 fully saturated rings. The molecule has 0 saturated carbocycles. The van der Waals surface area contributed by atoms with E-state index in [-0.39, 0.29) is 17.5 Å². The lowest BCUT2D eigenvalue weighted by Gasteiger charge is -2.36. The van der Waals surface area contributed by atoms with Crippen LogP contribution in [0.1, 0.15) is 33.4 Å². The zero-order chi connectivity index (χ0) is 17.3. The van der Waals surface area contributed by atoms with E-state index >= 15 is 0 Å². The van der Waals surface area contributed by atoms with Crippen molar-refractivity contribution in [2.45, 2.75) is 19.9 Å². The highest BCUT2D eigenvalue weighted by Gasteiger charge is 2.33. The number of rotatable bonds is 3. The molecule has 0 radical (unpaired) electrons. The monoisotopic (exact) mass is 333 g/mol. The van der Waals surface area contributed by atoms with Gasteiger partial charge in [0.2, 0.25) is 0 Å². The van der Waals surface area contributed by atoms with Crippen molar-refractivity contribution in [3.63, 3.8) is 0 Å². The van der Waals surface area contributed by atoms with E-state index in [1.54, 1.807) is 4.90 Å². The number of carbonyl (C=O) groups excluding carboxylic acids is 1. The van der Waals surface area contributed by atoms with Gasteiger partial charge in [0.05, 0.1) is 37.6 Å². The van der Waals surface area contributed by atoms with Crippen LogP contribution in [0.2, 0.25) is 0 Å². The minimum Gasteiger partial charge on any atom is -0.496 e. The lowest BCUT2D eigenvalue weighted by molar-refractivity contribution is -0.00318. The topological polar surface area (TPSA) is 67.4 Å². The summed E-state index contributed by atoms with van der Waals surface area (Å²) in [6.45, 7) is 5.04. The predicted octanol–water partition coefficient (Wildman–Crippen LogP) is 2.39. The Morgan fingerprint density at radius 3 is 2.92 bits per heavy atom. The van der Waals surface area contributed by atoms with Gasteiger partial charge in [-0.15, -0.1) is 0 Å². The first-order valence-electron chi connectivity index (χ1n) is 7.76. The first kappa shape index (κ1) is 16.4. The number of nitrogens with zero attached hydrogens (tertiary/aromatic N) is 2. The Labute approximate surface area is 139 Å². The molecular formula is C17H20FN3O3. The quantitative estimate of drug-likeness (QED) is 0.936. The largest absolute Gasteiger partial charge is 0.496 e. The summed E-state index contributed by atoms with van der Waals surface area (Å²) in [6.07, 6.45) is 0. The van der Waals surface area contributed by atoms with Gasteiger partial charge in [0.15, 0.2) is 0 Å². The number of methoxy groups -OCH3 is 1. The minimum atomic E-state index is -0.473. The maximum atomic E-state index is 13.6. The first-order chi connectivity index (χ1) is 11.5. The number of nitrogens with one attached hydrogen (secondary N) is 1. The van der Waals surface area contributed by atoms with Gasteiger partial charge in [-0.2, -0.15) is 5.10 Å². The fourth-order valence-electron chi connectivity index (χ4n) is 3.14. The normalized spacial score (nSPS) is 17.8. The lowest BCUT2D eigenvalue weighted by Crippen LogP contribution is -2.44. The number of hydrogen-bond acceptors (Lipinski definition) is 4. The molecule has 24 heavy (non-hydrogen) atoms. The Morgan fingerprint density at radius 1 is 1.46 bits per heavy atom. The van der Waals surface area contributed by atoms with Crippen LogP contribution in [0.25, 0.3) is 0 Å². The maximum absolute atomic E-state index is 13.6. The zero-order valence-corrected chi connectivity index (χ0v) is 13.9. The number of morpholine rings is 1. The van der Waals surface area contributed by atoms with Crippen LogP contribution in [0, 0.1) is 19.7 Å². The highest BCUT2D eigenvalue weighted by atomic mass is 19.1. The van der Waals surface area contributed by atoms with Crippen LogP contribution in [0.15, 0.2) is 18.2 Å². The van der Waals surface area contributed by atoms with Gasteiger partial charge >= 0.3 is 0 Å². The predicted molar refractivity (Wildman–Crippen MR) is 85.6 cm³/mol. The van der Waals surface area contributed by atoms with Crippen molar-refractivity contribution in [3.8, 4) is 5.75 Å².